The van der Waals surface area contributed by atoms with Gasteiger partial charge in [-0.05, 0) is 38.5 Å². The molecule has 0 spiro atoms. The summed E-state index contributed by atoms with van der Waals surface area (Å²) in [7, 11) is 0. The molecule has 3 heteroatoms. The van der Waals surface area contributed by atoms with Gasteiger partial charge in [0.05, 0.1) is 6.17 Å². The molecular weight excluding hydrogens is 306 g/mol. The Balaban J connectivity index is 1.81. The second kappa shape index (κ2) is 16.5. The highest BCUT2D eigenvalue weighted by Crippen LogP contribution is 2.13. The first kappa shape index (κ1) is 22.1. The first-order chi connectivity index (χ1) is 12.4. The van der Waals surface area contributed by atoms with Crippen LogP contribution in [-0.2, 0) is 0 Å². The van der Waals surface area contributed by atoms with Crippen molar-refractivity contribution in [1.82, 2.24) is 10.2 Å². The SMILES string of the molecule is CCCCCCCCCC/C=C/CCCCCC1NC=CN1CCN. The maximum Gasteiger partial charge on any atom is 0.0981 e. The van der Waals surface area contributed by atoms with Gasteiger partial charge in [-0.25, -0.2) is 0 Å². The fourth-order valence-corrected chi connectivity index (χ4v) is 3.49. The van der Waals surface area contributed by atoms with Crippen LogP contribution >= 0.6 is 0 Å². The summed E-state index contributed by atoms with van der Waals surface area (Å²) < 4.78 is 0. The zero-order chi connectivity index (χ0) is 18.0. The number of nitrogens with one attached hydrogen (secondary N) is 1. The lowest BCUT2D eigenvalue weighted by molar-refractivity contribution is 0.264. The van der Waals surface area contributed by atoms with Gasteiger partial charge in [-0.3, -0.25) is 0 Å². The minimum Gasteiger partial charge on any atom is -0.370 e. The zero-order valence-corrected chi connectivity index (χ0v) is 16.7. The van der Waals surface area contributed by atoms with Gasteiger partial charge in [-0.2, -0.15) is 0 Å². The molecule has 0 radical (unpaired) electrons. The molecule has 0 amide bonds. The third kappa shape index (κ3) is 12.1. The van der Waals surface area contributed by atoms with Crippen molar-refractivity contribution in [2.24, 2.45) is 5.73 Å². The molecule has 0 aromatic carbocycles. The third-order valence-corrected chi connectivity index (χ3v) is 5.08. The monoisotopic (exact) mass is 349 g/mol. The average Bonchev–Trinajstić information content (AvgIpc) is 3.06. The summed E-state index contributed by atoms with van der Waals surface area (Å²) >= 11 is 0. The van der Waals surface area contributed by atoms with E-state index in [4.69, 9.17) is 5.73 Å². The molecule has 1 atom stereocenters. The molecule has 1 rings (SSSR count). The first-order valence-corrected chi connectivity index (χ1v) is 10.9. The standard InChI is InChI=1S/C22H43N3/c1-2-3-4-5-6-7-8-9-10-11-12-13-14-15-16-17-22-24-19-21-25(22)20-18-23/h11-12,19,21-22,24H,2-10,13-18,20,23H2,1H3/b12-11+. The first-order valence-electron chi connectivity index (χ1n) is 10.9. The van der Waals surface area contributed by atoms with E-state index in [0.29, 0.717) is 6.17 Å². The van der Waals surface area contributed by atoms with E-state index in [1.165, 1.54) is 89.9 Å². The summed E-state index contributed by atoms with van der Waals surface area (Å²) in [6, 6.07) is 0. The van der Waals surface area contributed by atoms with Gasteiger partial charge in [0.1, 0.15) is 0 Å². The second-order valence-corrected chi connectivity index (χ2v) is 7.40. The van der Waals surface area contributed by atoms with Crippen LogP contribution in [0.3, 0.4) is 0 Å². The molecule has 1 aliphatic heterocycles. The molecular formula is C22H43N3. The maximum absolute atomic E-state index is 5.65. The van der Waals surface area contributed by atoms with E-state index < -0.39 is 0 Å². The molecule has 0 saturated carbocycles. The van der Waals surface area contributed by atoms with E-state index >= 15 is 0 Å². The number of unbranched alkanes of at least 4 members (excludes halogenated alkanes) is 11. The van der Waals surface area contributed by atoms with Gasteiger partial charge in [-0.15, -0.1) is 0 Å². The quantitative estimate of drug-likeness (QED) is 0.262. The molecule has 1 heterocycles. The Hall–Kier alpha value is -0.960. The van der Waals surface area contributed by atoms with Crippen LogP contribution in [0.15, 0.2) is 24.6 Å². The van der Waals surface area contributed by atoms with Crippen LogP contribution in [-0.4, -0.2) is 24.2 Å². The summed E-state index contributed by atoms with van der Waals surface area (Å²) in [6.45, 7) is 3.97. The average molecular weight is 350 g/mol. The van der Waals surface area contributed by atoms with Gasteiger partial charge < -0.3 is 16.0 Å². The van der Waals surface area contributed by atoms with E-state index in [-0.39, 0.29) is 0 Å². The molecule has 0 aromatic heterocycles. The molecule has 1 unspecified atom stereocenters. The van der Waals surface area contributed by atoms with Gasteiger partial charge in [0.25, 0.3) is 0 Å². The highest BCUT2D eigenvalue weighted by molar-refractivity contribution is 4.94. The molecule has 0 bridgehead atoms. The Labute approximate surface area is 157 Å². The fourth-order valence-electron chi connectivity index (χ4n) is 3.49. The van der Waals surface area contributed by atoms with Crippen molar-refractivity contribution in [2.75, 3.05) is 13.1 Å². The van der Waals surface area contributed by atoms with Crippen molar-refractivity contribution >= 4 is 0 Å². The zero-order valence-electron chi connectivity index (χ0n) is 16.7. The van der Waals surface area contributed by atoms with E-state index in [1.807, 2.05) is 6.20 Å². The molecule has 3 nitrogen and oxygen atoms in total. The molecule has 3 N–H and O–H groups in total. The van der Waals surface area contributed by atoms with Gasteiger partial charge >= 0.3 is 0 Å². The van der Waals surface area contributed by atoms with Crippen molar-refractivity contribution in [1.29, 1.82) is 0 Å². The molecule has 0 saturated heterocycles. The molecule has 146 valence electrons. The van der Waals surface area contributed by atoms with Crippen LogP contribution in [0, 0.1) is 0 Å². The lowest BCUT2D eigenvalue weighted by Crippen LogP contribution is -2.37. The topological polar surface area (TPSA) is 41.3 Å². The largest absolute Gasteiger partial charge is 0.370 e. The van der Waals surface area contributed by atoms with E-state index in [2.05, 4.69) is 35.5 Å². The molecule has 0 aromatic rings. The summed E-state index contributed by atoms with van der Waals surface area (Å²) in [5.74, 6) is 0. The molecule has 1 aliphatic rings. The third-order valence-electron chi connectivity index (χ3n) is 5.08. The van der Waals surface area contributed by atoms with Crippen molar-refractivity contribution in [3.8, 4) is 0 Å². The molecule has 0 aliphatic carbocycles. The Morgan fingerprint density at radius 2 is 1.48 bits per heavy atom. The number of hydrogen-bond acceptors (Lipinski definition) is 3. The Kier molecular flexibility index (Phi) is 14.6. The van der Waals surface area contributed by atoms with Crippen LogP contribution in [0.25, 0.3) is 0 Å². The van der Waals surface area contributed by atoms with Crippen molar-refractivity contribution < 1.29 is 0 Å². The predicted molar refractivity (Wildman–Crippen MR) is 111 cm³/mol. The van der Waals surface area contributed by atoms with Crippen molar-refractivity contribution in [2.45, 2.75) is 103 Å². The van der Waals surface area contributed by atoms with Crippen LogP contribution in [0.2, 0.25) is 0 Å². The van der Waals surface area contributed by atoms with Crippen LogP contribution in [0.4, 0.5) is 0 Å². The molecule has 25 heavy (non-hydrogen) atoms. The molecule has 0 fully saturated rings. The Morgan fingerprint density at radius 1 is 0.880 bits per heavy atom. The van der Waals surface area contributed by atoms with Gasteiger partial charge in [-0.1, -0.05) is 70.4 Å². The maximum atomic E-state index is 5.65. The number of hydrogen-bond donors (Lipinski definition) is 2. The van der Waals surface area contributed by atoms with Gasteiger partial charge in [0, 0.05) is 25.5 Å². The predicted octanol–water partition coefficient (Wildman–Crippen LogP) is 5.69. The van der Waals surface area contributed by atoms with E-state index in [9.17, 15) is 0 Å². The van der Waals surface area contributed by atoms with Crippen molar-refractivity contribution in [3.63, 3.8) is 0 Å². The minimum atomic E-state index is 0.473. The minimum absolute atomic E-state index is 0.473. The summed E-state index contributed by atoms with van der Waals surface area (Å²) in [4.78, 5) is 2.32. The highest BCUT2D eigenvalue weighted by atomic mass is 15.3. The van der Waals surface area contributed by atoms with Gasteiger partial charge in [0.2, 0.25) is 0 Å². The summed E-state index contributed by atoms with van der Waals surface area (Å²) in [6.07, 6.45) is 28.5. The number of allylic oxidation sites excluding steroid dienone is 2. The Bertz CT molecular complexity index is 338. The smallest absolute Gasteiger partial charge is 0.0981 e. The summed E-state index contributed by atoms with van der Waals surface area (Å²) in [5.41, 5.74) is 5.65. The second-order valence-electron chi connectivity index (χ2n) is 7.40. The number of nitrogens with zero attached hydrogens (tertiary/aromatic N) is 1. The normalized spacial score (nSPS) is 16.9. The van der Waals surface area contributed by atoms with E-state index in [0.717, 1.165) is 13.1 Å². The van der Waals surface area contributed by atoms with Crippen molar-refractivity contribution in [3.05, 3.63) is 24.6 Å². The van der Waals surface area contributed by atoms with Crippen LogP contribution in [0.5, 0.6) is 0 Å². The van der Waals surface area contributed by atoms with E-state index in [1.54, 1.807) is 0 Å². The summed E-state index contributed by atoms with van der Waals surface area (Å²) in [5, 5.41) is 3.42. The van der Waals surface area contributed by atoms with Gasteiger partial charge in [0.15, 0.2) is 0 Å². The lowest BCUT2D eigenvalue weighted by Gasteiger charge is -2.24. The highest BCUT2D eigenvalue weighted by Gasteiger charge is 2.16. The Morgan fingerprint density at radius 3 is 2.12 bits per heavy atom. The lowest BCUT2D eigenvalue weighted by atomic mass is 10.1. The fraction of sp³-hybridized carbons (Fsp3) is 0.818. The van der Waals surface area contributed by atoms with Crippen LogP contribution < -0.4 is 11.1 Å². The van der Waals surface area contributed by atoms with Crippen LogP contribution in [0.1, 0.15) is 96.8 Å². The number of rotatable bonds is 17. The number of nitrogens with two attached hydrogens (primary N) is 1.